The van der Waals surface area contributed by atoms with Gasteiger partial charge in [-0.3, -0.25) is 4.90 Å². The van der Waals surface area contributed by atoms with Crippen molar-refractivity contribution < 1.29 is 26.3 Å². The molecule has 2 aromatic heterocycles. The lowest BCUT2D eigenvalue weighted by Gasteiger charge is -2.21. The summed E-state index contributed by atoms with van der Waals surface area (Å²) in [5, 5.41) is 1.73. The number of H-pyrrole nitrogens is 1. The van der Waals surface area contributed by atoms with Crippen LogP contribution in [0, 0.1) is 6.92 Å². The molecule has 0 unspecified atom stereocenters. The molecule has 198 valence electrons. The molecule has 2 heterocycles. The third-order valence-corrected chi connectivity index (χ3v) is 8.05. The Bertz CT molecular complexity index is 1510. The van der Waals surface area contributed by atoms with Crippen LogP contribution >= 0.6 is 0 Å². The van der Waals surface area contributed by atoms with Crippen LogP contribution in [-0.4, -0.2) is 61.5 Å². The number of aromatic nitrogens is 2. The van der Waals surface area contributed by atoms with Crippen LogP contribution in [0.1, 0.15) is 25.8 Å². The zero-order valence-electron chi connectivity index (χ0n) is 21.0. The molecule has 10 heteroatoms. The van der Waals surface area contributed by atoms with E-state index in [0.29, 0.717) is 29.9 Å². The van der Waals surface area contributed by atoms with E-state index in [-0.39, 0.29) is 23.8 Å². The van der Waals surface area contributed by atoms with Gasteiger partial charge in [-0.1, -0.05) is 26.0 Å². The van der Waals surface area contributed by atoms with Crippen molar-refractivity contribution in [1.29, 1.82) is 0 Å². The van der Waals surface area contributed by atoms with Crippen molar-refractivity contribution in [3.8, 4) is 16.9 Å². The fourth-order valence-corrected chi connectivity index (χ4v) is 5.35. The Balaban J connectivity index is 1.69. The molecule has 0 saturated heterocycles. The minimum Gasteiger partial charge on any atom is -0.491 e. The molecule has 0 aliphatic heterocycles. The number of benzene rings is 2. The van der Waals surface area contributed by atoms with Crippen molar-refractivity contribution in [3.63, 3.8) is 0 Å². The predicted molar refractivity (Wildman–Crippen MR) is 140 cm³/mol. The zero-order valence-corrected chi connectivity index (χ0v) is 21.8. The lowest BCUT2D eigenvalue weighted by Crippen LogP contribution is -2.35. The molecule has 0 aliphatic carbocycles. The maximum absolute atomic E-state index is 12.7. The van der Waals surface area contributed by atoms with Crippen molar-refractivity contribution in [3.05, 3.63) is 54.2 Å². The summed E-state index contributed by atoms with van der Waals surface area (Å²) in [5.74, 6) is 0.568. The number of nitrogens with zero attached hydrogens (tertiary/aromatic N) is 2. The molecule has 37 heavy (non-hydrogen) atoms. The molecule has 1 N–H and O–H groups in total. The second-order valence-electron chi connectivity index (χ2n) is 9.01. The molecule has 0 amide bonds. The van der Waals surface area contributed by atoms with Gasteiger partial charge in [0, 0.05) is 23.5 Å². The number of nitrogens with one attached hydrogen (secondary N) is 1. The summed E-state index contributed by atoms with van der Waals surface area (Å²) < 4.78 is 69.3. The van der Waals surface area contributed by atoms with Gasteiger partial charge in [0.05, 0.1) is 29.3 Å². The molecular weight excluding hydrogens is 503 g/mol. The average molecular weight is 534 g/mol. The number of fused-ring (bicyclic) bond motifs is 3. The normalized spacial score (nSPS) is 12.6. The average Bonchev–Trinajstić information content (AvgIpc) is 3.24. The molecule has 0 radical (unpaired) electrons. The first-order valence-electron chi connectivity index (χ1n) is 12.2. The molecule has 0 spiro atoms. The van der Waals surface area contributed by atoms with Crippen LogP contribution in [0.3, 0.4) is 0 Å². The highest BCUT2D eigenvalue weighted by Gasteiger charge is 2.29. The van der Waals surface area contributed by atoms with Gasteiger partial charge in [0.2, 0.25) is 0 Å². The Hall–Kier alpha value is -3.11. The van der Waals surface area contributed by atoms with Gasteiger partial charge in [-0.05, 0) is 66.9 Å². The van der Waals surface area contributed by atoms with E-state index in [9.17, 15) is 21.6 Å². The minimum atomic E-state index is -4.23. The van der Waals surface area contributed by atoms with Crippen LogP contribution < -0.4 is 4.74 Å². The Morgan fingerprint density at radius 3 is 2.59 bits per heavy atom. The maximum atomic E-state index is 12.7. The molecule has 2 aromatic carbocycles. The number of hydrogen-bond acceptors (Lipinski definition) is 5. The number of pyridine rings is 1. The van der Waals surface area contributed by atoms with Crippen molar-refractivity contribution in [2.75, 3.05) is 32.0 Å². The summed E-state index contributed by atoms with van der Waals surface area (Å²) in [5.41, 5.74) is 3.92. The quantitative estimate of drug-likeness (QED) is 0.248. The van der Waals surface area contributed by atoms with E-state index < -0.39 is 22.6 Å². The summed E-state index contributed by atoms with van der Waals surface area (Å²) in [4.78, 5) is 9.43. The third-order valence-electron chi connectivity index (χ3n) is 6.31. The van der Waals surface area contributed by atoms with Gasteiger partial charge in [-0.2, -0.15) is 13.2 Å². The van der Waals surface area contributed by atoms with E-state index in [4.69, 9.17) is 4.74 Å². The fourth-order valence-electron chi connectivity index (χ4n) is 4.42. The second-order valence-corrected chi connectivity index (χ2v) is 11.3. The number of sulfone groups is 1. The van der Waals surface area contributed by atoms with Gasteiger partial charge < -0.3 is 9.72 Å². The van der Waals surface area contributed by atoms with Gasteiger partial charge in [-0.15, -0.1) is 0 Å². The van der Waals surface area contributed by atoms with Crippen molar-refractivity contribution in [2.45, 2.75) is 38.3 Å². The summed E-state index contributed by atoms with van der Waals surface area (Å²) >= 11 is 0. The van der Waals surface area contributed by atoms with E-state index in [2.05, 4.69) is 9.97 Å². The van der Waals surface area contributed by atoms with Gasteiger partial charge in [-0.25, -0.2) is 13.4 Å². The predicted octanol–water partition coefficient (Wildman–Crippen LogP) is 6.14. The standard InChI is InChI=1S/C27H30F3N3O3S/c1-4-33(17-27(28,29)30)12-7-13-36-23-11-10-21(19-8-6-9-20(15-19)37(34,35)5-2)24-22-14-18(3)16-31-26(22)32-25(23)24/h6,8-11,14-16H,4-5,7,12-13,17H2,1-3H3,(H,31,32). The zero-order chi connectivity index (χ0) is 26.8. The molecule has 0 bridgehead atoms. The summed E-state index contributed by atoms with van der Waals surface area (Å²) in [7, 11) is -3.38. The number of ether oxygens (including phenoxy) is 1. The van der Waals surface area contributed by atoms with Crippen LogP contribution in [0.5, 0.6) is 5.75 Å². The number of aryl methyl sites for hydroxylation is 1. The van der Waals surface area contributed by atoms with Crippen LogP contribution in [0.2, 0.25) is 0 Å². The van der Waals surface area contributed by atoms with Crippen LogP contribution in [0.4, 0.5) is 13.2 Å². The lowest BCUT2D eigenvalue weighted by molar-refractivity contribution is -0.145. The van der Waals surface area contributed by atoms with Crippen molar-refractivity contribution in [1.82, 2.24) is 14.9 Å². The largest absolute Gasteiger partial charge is 0.491 e. The Morgan fingerprint density at radius 2 is 1.89 bits per heavy atom. The highest BCUT2D eigenvalue weighted by Crippen LogP contribution is 2.39. The molecule has 0 aliphatic rings. The Kier molecular flexibility index (Phi) is 7.80. The minimum absolute atomic E-state index is 0.00721. The van der Waals surface area contributed by atoms with Crippen LogP contribution in [0.25, 0.3) is 33.1 Å². The van der Waals surface area contributed by atoms with Crippen LogP contribution in [-0.2, 0) is 9.84 Å². The van der Waals surface area contributed by atoms with Crippen molar-refractivity contribution in [2.24, 2.45) is 0 Å². The second kappa shape index (κ2) is 10.7. The van der Waals surface area contributed by atoms with E-state index in [1.165, 1.54) is 4.90 Å². The third kappa shape index (κ3) is 6.07. The number of halogens is 3. The number of rotatable bonds is 10. The summed E-state index contributed by atoms with van der Waals surface area (Å²) in [6, 6.07) is 12.6. The lowest BCUT2D eigenvalue weighted by atomic mass is 9.99. The number of aromatic amines is 1. The van der Waals surface area contributed by atoms with Gasteiger partial charge in [0.25, 0.3) is 0 Å². The summed E-state index contributed by atoms with van der Waals surface area (Å²) in [6.45, 7) is 5.14. The fraction of sp³-hybridized carbons (Fsp3) is 0.370. The first kappa shape index (κ1) is 26.9. The smallest absolute Gasteiger partial charge is 0.401 e. The van der Waals surface area contributed by atoms with E-state index in [1.54, 1.807) is 44.3 Å². The first-order chi connectivity index (χ1) is 17.5. The van der Waals surface area contributed by atoms with E-state index >= 15 is 0 Å². The van der Waals surface area contributed by atoms with Gasteiger partial charge in [0.15, 0.2) is 9.84 Å². The molecule has 0 atom stereocenters. The highest BCUT2D eigenvalue weighted by atomic mass is 32.2. The first-order valence-corrected chi connectivity index (χ1v) is 13.8. The van der Waals surface area contributed by atoms with E-state index in [1.807, 2.05) is 25.1 Å². The molecule has 4 aromatic rings. The molecule has 0 saturated carbocycles. The highest BCUT2D eigenvalue weighted by molar-refractivity contribution is 7.91. The van der Waals surface area contributed by atoms with Crippen LogP contribution in [0.15, 0.2) is 53.6 Å². The Labute approximate surface area is 214 Å². The SMILES string of the molecule is CCN(CCCOc1ccc(-c2cccc(S(=O)(=O)CC)c2)c2c1[nH]c1ncc(C)cc12)CC(F)(F)F. The topological polar surface area (TPSA) is 75.3 Å². The number of alkyl halides is 3. The maximum Gasteiger partial charge on any atom is 0.401 e. The molecular formula is C27H30F3N3O3S. The monoisotopic (exact) mass is 533 g/mol. The van der Waals surface area contributed by atoms with Gasteiger partial charge in [0.1, 0.15) is 11.4 Å². The Morgan fingerprint density at radius 1 is 1.11 bits per heavy atom. The van der Waals surface area contributed by atoms with Crippen molar-refractivity contribution >= 4 is 31.8 Å². The number of hydrogen-bond donors (Lipinski definition) is 1. The van der Waals surface area contributed by atoms with E-state index in [0.717, 1.165) is 27.5 Å². The summed E-state index contributed by atoms with van der Waals surface area (Å²) in [6.07, 6.45) is -2.05. The van der Waals surface area contributed by atoms with Gasteiger partial charge >= 0.3 is 6.18 Å². The molecule has 6 nitrogen and oxygen atoms in total. The molecule has 4 rings (SSSR count). The molecule has 0 fully saturated rings.